The van der Waals surface area contributed by atoms with Crippen LogP contribution in [0.25, 0.3) is 0 Å². The van der Waals surface area contributed by atoms with Crippen LogP contribution in [-0.2, 0) is 6.11 Å². The second-order valence-electron chi connectivity index (χ2n) is 4.06. The van der Waals surface area contributed by atoms with Crippen LogP contribution in [0, 0.1) is 29.1 Å². The van der Waals surface area contributed by atoms with Crippen LogP contribution in [0.2, 0.25) is 0 Å². The van der Waals surface area contributed by atoms with E-state index in [4.69, 9.17) is 0 Å². The van der Waals surface area contributed by atoms with Crippen molar-refractivity contribution in [3.63, 3.8) is 0 Å². The van der Waals surface area contributed by atoms with E-state index in [1.165, 1.54) is 0 Å². The SMILES string of the molecule is Fc1cc(OC(F)(F)c2c(F)cc(Br)cc2F)cc(F)c1F. The maximum absolute atomic E-state index is 13.8. The van der Waals surface area contributed by atoms with Crippen molar-refractivity contribution in [3.05, 3.63) is 63.4 Å². The fourth-order valence-electron chi connectivity index (χ4n) is 1.61. The molecule has 22 heavy (non-hydrogen) atoms. The summed E-state index contributed by atoms with van der Waals surface area (Å²) in [5, 5.41) is 0. The molecule has 2 aromatic carbocycles. The summed E-state index contributed by atoms with van der Waals surface area (Å²) < 4.78 is 97.0. The predicted molar refractivity (Wildman–Crippen MR) is 64.9 cm³/mol. The van der Waals surface area contributed by atoms with Gasteiger partial charge in [0.15, 0.2) is 17.5 Å². The molecule has 0 spiro atoms. The quantitative estimate of drug-likeness (QED) is 0.513. The van der Waals surface area contributed by atoms with E-state index >= 15 is 0 Å². The van der Waals surface area contributed by atoms with E-state index in [-0.39, 0.29) is 16.6 Å². The highest BCUT2D eigenvalue weighted by Crippen LogP contribution is 2.36. The van der Waals surface area contributed by atoms with Gasteiger partial charge in [-0.25, -0.2) is 22.0 Å². The Balaban J connectivity index is 2.44. The first-order chi connectivity index (χ1) is 10.1. The third-order valence-electron chi connectivity index (χ3n) is 2.50. The summed E-state index contributed by atoms with van der Waals surface area (Å²) >= 11 is 2.70. The summed E-state index contributed by atoms with van der Waals surface area (Å²) in [7, 11) is 0. The lowest BCUT2D eigenvalue weighted by Gasteiger charge is -2.19. The number of benzene rings is 2. The molecule has 2 aromatic rings. The molecule has 0 aliphatic rings. The van der Waals surface area contributed by atoms with Gasteiger partial charge in [-0.2, -0.15) is 8.78 Å². The number of hydrogen-bond acceptors (Lipinski definition) is 1. The van der Waals surface area contributed by atoms with E-state index in [1.54, 1.807) is 0 Å². The zero-order valence-electron chi connectivity index (χ0n) is 10.2. The van der Waals surface area contributed by atoms with Gasteiger partial charge >= 0.3 is 6.11 Å². The van der Waals surface area contributed by atoms with Gasteiger partial charge in [-0.15, -0.1) is 0 Å². The monoisotopic (exact) mass is 388 g/mol. The Hall–Kier alpha value is -1.77. The third kappa shape index (κ3) is 3.18. The summed E-state index contributed by atoms with van der Waals surface area (Å²) in [4.78, 5) is 0. The maximum Gasteiger partial charge on any atom is 0.432 e. The molecule has 0 saturated carbocycles. The van der Waals surface area contributed by atoms with Crippen molar-refractivity contribution in [1.82, 2.24) is 0 Å². The Morgan fingerprint density at radius 1 is 0.773 bits per heavy atom. The molecule has 0 N–H and O–H groups in total. The standard InChI is InChI=1S/C13H4BrF7O/c14-5-1-7(15)11(8(16)2-5)13(20,21)22-6-3-9(17)12(19)10(18)4-6/h1-4H. The highest BCUT2D eigenvalue weighted by Gasteiger charge is 2.41. The Morgan fingerprint density at radius 3 is 1.68 bits per heavy atom. The average Bonchev–Trinajstić information content (AvgIpc) is 2.33. The first kappa shape index (κ1) is 16.6. The van der Waals surface area contributed by atoms with E-state index in [1.807, 2.05) is 0 Å². The molecule has 0 unspecified atom stereocenters. The van der Waals surface area contributed by atoms with Crippen LogP contribution in [0.3, 0.4) is 0 Å². The molecule has 0 saturated heterocycles. The lowest BCUT2D eigenvalue weighted by molar-refractivity contribution is -0.189. The minimum Gasteiger partial charge on any atom is -0.429 e. The highest BCUT2D eigenvalue weighted by atomic mass is 79.9. The first-order valence-corrected chi connectivity index (χ1v) is 6.27. The molecule has 2 rings (SSSR count). The van der Waals surface area contributed by atoms with Gasteiger partial charge in [-0.05, 0) is 12.1 Å². The minimum absolute atomic E-state index is 0.126. The van der Waals surface area contributed by atoms with Gasteiger partial charge in [0.2, 0.25) is 0 Å². The molecule has 9 heteroatoms. The molecule has 0 aliphatic carbocycles. The average molecular weight is 389 g/mol. The number of hydrogen-bond donors (Lipinski definition) is 0. The van der Waals surface area contributed by atoms with E-state index in [0.717, 1.165) is 0 Å². The zero-order valence-corrected chi connectivity index (χ0v) is 11.8. The van der Waals surface area contributed by atoms with Crippen LogP contribution < -0.4 is 4.74 Å². The van der Waals surface area contributed by atoms with Crippen LogP contribution in [0.15, 0.2) is 28.7 Å². The molecule has 0 atom stereocenters. The van der Waals surface area contributed by atoms with Gasteiger partial charge in [0.1, 0.15) is 22.9 Å². The third-order valence-corrected chi connectivity index (χ3v) is 2.96. The Morgan fingerprint density at radius 2 is 1.23 bits per heavy atom. The smallest absolute Gasteiger partial charge is 0.429 e. The molecule has 0 radical (unpaired) electrons. The summed E-state index contributed by atoms with van der Waals surface area (Å²) in [6, 6.07) is 1.37. The van der Waals surface area contributed by atoms with Crippen molar-refractivity contribution in [3.8, 4) is 5.75 Å². The van der Waals surface area contributed by atoms with Crippen LogP contribution in [-0.4, -0.2) is 0 Å². The molecule has 118 valence electrons. The molecular formula is C13H4BrF7O. The van der Waals surface area contributed by atoms with Gasteiger partial charge in [0, 0.05) is 16.6 Å². The van der Waals surface area contributed by atoms with Crippen LogP contribution in [0.4, 0.5) is 30.7 Å². The summed E-state index contributed by atoms with van der Waals surface area (Å²) in [5.74, 6) is -9.88. The largest absolute Gasteiger partial charge is 0.432 e. The van der Waals surface area contributed by atoms with E-state index in [9.17, 15) is 30.7 Å². The van der Waals surface area contributed by atoms with Crippen molar-refractivity contribution < 1.29 is 35.5 Å². The number of ether oxygens (including phenoxy) is 1. The second-order valence-corrected chi connectivity index (χ2v) is 4.98. The lowest BCUT2D eigenvalue weighted by atomic mass is 10.2. The Bertz CT molecular complexity index is 686. The van der Waals surface area contributed by atoms with Crippen molar-refractivity contribution in [2.24, 2.45) is 0 Å². The summed E-state index contributed by atoms with van der Waals surface area (Å²) in [6.07, 6.45) is -4.58. The molecular weight excluding hydrogens is 385 g/mol. The molecule has 0 aliphatic heterocycles. The van der Waals surface area contributed by atoms with Crippen molar-refractivity contribution in [2.45, 2.75) is 6.11 Å². The van der Waals surface area contributed by atoms with E-state index < -0.39 is 46.5 Å². The summed E-state index contributed by atoms with van der Waals surface area (Å²) in [5.41, 5.74) is -1.75. The molecule has 0 heterocycles. The Kier molecular flexibility index (Phi) is 4.37. The molecule has 0 aromatic heterocycles. The number of halogens is 8. The number of alkyl halides is 2. The first-order valence-electron chi connectivity index (χ1n) is 5.48. The fraction of sp³-hybridized carbons (Fsp3) is 0.0769. The van der Waals surface area contributed by atoms with Crippen LogP contribution in [0.5, 0.6) is 5.75 Å². The lowest BCUT2D eigenvalue weighted by Crippen LogP contribution is -2.25. The maximum atomic E-state index is 13.8. The van der Waals surface area contributed by atoms with E-state index in [0.29, 0.717) is 12.1 Å². The van der Waals surface area contributed by atoms with Crippen molar-refractivity contribution >= 4 is 15.9 Å². The van der Waals surface area contributed by atoms with Crippen molar-refractivity contribution in [2.75, 3.05) is 0 Å². The van der Waals surface area contributed by atoms with Gasteiger partial charge < -0.3 is 4.74 Å². The molecule has 0 amide bonds. The van der Waals surface area contributed by atoms with Gasteiger partial charge in [0.05, 0.1) is 0 Å². The zero-order chi connectivity index (χ0) is 16.7. The van der Waals surface area contributed by atoms with Crippen molar-refractivity contribution in [1.29, 1.82) is 0 Å². The van der Waals surface area contributed by atoms with Crippen LogP contribution >= 0.6 is 15.9 Å². The fourth-order valence-corrected chi connectivity index (χ4v) is 2.01. The number of rotatable bonds is 3. The second kappa shape index (κ2) is 5.79. The van der Waals surface area contributed by atoms with E-state index in [2.05, 4.69) is 20.7 Å². The minimum atomic E-state index is -4.58. The molecule has 0 bridgehead atoms. The topological polar surface area (TPSA) is 9.23 Å². The van der Waals surface area contributed by atoms with Crippen LogP contribution in [0.1, 0.15) is 5.56 Å². The van der Waals surface area contributed by atoms with Gasteiger partial charge in [-0.1, -0.05) is 15.9 Å². The summed E-state index contributed by atoms with van der Waals surface area (Å²) in [6.45, 7) is 0. The molecule has 1 nitrogen and oxygen atoms in total. The van der Waals surface area contributed by atoms with Gasteiger partial charge in [-0.3, -0.25) is 0 Å². The normalized spacial score (nSPS) is 11.6. The molecule has 0 fully saturated rings. The van der Waals surface area contributed by atoms with Gasteiger partial charge in [0.25, 0.3) is 0 Å². The highest BCUT2D eigenvalue weighted by molar-refractivity contribution is 9.10. The predicted octanol–water partition coefficient (Wildman–Crippen LogP) is 5.27. The Labute approximate surface area is 127 Å².